The van der Waals surface area contributed by atoms with E-state index in [9.17, 15) is 8.42 Å². The molecule has 1 fully saturated rings. The highest BCUT2D eigenvalue weighted by atomic mass is 32.2. The molecule has 6 heteroatoms. The average molecular weight is 235 g/mol. The van der Waals surface area contributed by atoms with Gasteiger partial charge in [-0.15, -0.1) is 0 Å². The molecule has 90 valence electrons. The average Bonchev–Trinajstić information content (AvgIpc) is 2.13. The van der Waals surface area contributed by atoms with E-state index in [1.165, 1.54) is 4.31 Å². The van der Waals surface area contributed by atoms with Gasteiger partial charge < -0.3 is 5.73 Å². The molecule has 1 heterocycles. The summed E-state index contributed by atoms with van der Waals surface area (Å²) in [6.07, 6.45) is 1.70. The van der Waals surface area contributed by atoms with Gasteiger partial charge in [-0.25, -0.2) is 4.72 Å². The Morgan fingerprint density at radius 1 is 1.47 bits per heavy atom. The van der Waals surface area contributed by atoms with Gasteiger partial charge in [-0.1, -0.05) is 13.8 Å². The van der Waals surface area contributed by atoms with Crippen molar-refractivity contribution < 1.29 is 8.42 Å². The van der Waals surface area contributed by atoms with E-state index in [0.717, 1.165) is 12.8 Å². The summed E-state index contributed by atoms with van der Waals surface area (Å²) in [5.41, 5.74) is 5.81. The van der Waals surface area contributed by atoms with Crippen molar-refractivity contribution in [1.29, 1.82) is 0 Å². The van der Waals surface area contributed by atoms with Crippen molar-refractivity contribution in [3.8, 4) is 0 Å². The van der Waals surface area contributed by atoms with Crippen molar-refractivity contribution in [1.82, 2.24) is 9.03 Å². The van der Waals surface area contributed by atoms with Crippen LogP contribution in [0.2, 0.25) is 0 Å². The van der Waals surface area contributed by atoms with E-state index >= 15 is 0 Å². The second-order valence-electron chi connectivity index (χ2n) is 4.32. The number of hydrogen-bond donors (Lipinski definition) is 2. The monoisotopic (exact) mass is 235 g/mol. The summed E-state index contributed by atoms with van der Waals surface area (Å²) >= 11 is 0. The van der Waals surface area contributed by atoms with E-state index in [0.29, 0.717) is 25.6 Å². The van der Waals surface area contributed by atoms with Crippen LogP contribution in [0.25, 0.3) is 0 Å². The molecule has 2 unspecified atom stereocenters. The van der Waals surface area contributed by atoms with Gasteiger partial charge in [0.15, 0.2) is 0 Å². The van der Waals surface area contributed by atoms with Crippen LogP contribution >= 0.6 is 0 Å². The number of nitrogens with one attached hydrogen (secondary N) is 1. The van der Waals surface area contributed by atoms with E-state index in [4.69, 9.17) is 5.73 Å². The fourth-order valence-corrected chi connectivity index (χ4v) is 3.35. The van der Waals surface area contributed by atoms with Crippen molar-refractivity contribution in [2.24, 2.45) is 11.7 Å². The normalized spacial score (nSPS) is 29.3. The zero-order chi connectivity index (χ0) is 11.5. The zero-order valence-corrected chi connectivity index (χ0v) is 10.3. The predicted octanol–water partition coefficient (Wildman–Crippen LogP) is -0.100. The van der Waals surface area contributed by atoms with E-state index < -0.39 is 10.2 Å². The second kappa shape index (κ2) is 5.25. The first-order valence-corrected chi connectivity index (χ1v) is 6.90. The van der Waals surface area contributed by atoms with Crippen molar-refractivity contribution in [2.75, 3.05) is 19.6 Å². The van der Waals surface area contributed by atoms with E-state index in [-0.39, 0.29) is 6.04 Å². The molecular formula is C9H21N3O2S. The maximum atomic E-state index is 11.8. The molecule has 1 rings (SSSR count). The van der Waals surface area contributed by atoms with Gasteiger partial charge in [0, 0.05) is 25.7 Å². The lowest BCUT2D eigenvalue weighted by molar-refractivity contribution is 0.252. The number of nitrogens with zero attached hydrogens (tertiary/aromatic N) is 1. The van der Waals surface area contributed by atoms with Crippen LogP contribution in [-0.2, 0) is 10.2 Å². The van der Waals surface area contributed by atoms with Crippen molar-refractivity contribution in [3.05, 3.63) is 0 Å². The quantitative estimate of drug-likeness (QED) is 0.714. The van der Waals surface area contributed by atoms with Crippen LogP contribution in [0.4, 0.5) is 0 Å². The molecule has 1 saturated heterocycles. The summed E-state index contributed by atoms with van der Waals surface area (Å²) in [5.74, 6) is 0.340. The van der Waals surface area contributed by atoms with E-state index in [1.54, 1.807) is 0 Å². The number of nitrogens with two attached hydrogens (primary N) is 1. The molecule has 2 atom stereocenters. The molecule has 0 spiro atoms. The Kier molecular flexibility index (Phi) is 4.51. The van der Waals surface area contributed by atoms with Gasteiger partial charge in [0.1, 0.15) is 0 Å². The summed E-state index contributed by atoms with van der Waals surface area (Å²) in [6, 6.07) is -0.0352. The molecule has 0 aromatic heterocycles. The molecule has 3 N–H and O–H groups in total. The third kappa shape index (κ3) is 3.71. The molecule has 0 radical (unpaired) electrons. The molecule has 15 heavy (non-hydrogen) atoms. The fourth-order valence-electron chi connectivity index (χ4n) is 1.87. The van der Waals surface area contributed by atoms with Crippen molar-refractivity contribution in [3.63, 3.8) is 0 Å². The lowest BCUT2D eigenvalue weighted by Crippen LogP contribution is -2.52. The lowest BCUT2D eigenvalue weighted by atomic mass is 9.99. The Hall–Kier alpha value is -0.170. The molecule has 0 aromatic carbocycles. The van der Waals surface area contributed by atoms with E-state index in [1.807, 2.05) is 13.8 Å². The Labute approximate surface area is 92.2 Å². The van der Waals surface area contributed by atoms with Gasteiger partial charge in [-0.2, -0.15) is 12.7 Å². The first-order valence-electron chi connectivity index (χ1n) is 5.46. The second-order valence-corrected chi connectivity index (χ2v) is 6.07. The maximum Gasteiger partial charge on any atom is 0.279 e. The maximum absolute atomic E-state index is 11.8. The van der Waals surface area contributed by atoms with Gasteiger partial charge in [-0.3, -0.25) is 0 Å². The van der Waals surface area contributed by atoms with Crippen LogP contribution in [0.15, 0.2) is 0 Å². The van der Waals surface area contributed by atoms with Crippen molar-refractivity contribution >= 4 is 10.2 Å². The first-order chi connectivity index (χ1) is 6.95. The molecule has 0 saturated carbocycles. The summed E-state index contributed by atoms with van der Waals surface area (Å²) < 4.78 is 27.6. The van der Waals surface area contributed by atoms with Crippen molar-refractivity contribution in [2.45, 2.75) is 32.7 Å². The predicted molar refractivity (Wildman–Crippen MR) is 60.5 cm³/mol. The van der Waals surface area contributed by atoms with Gasteiger partial charge in [0.25, 0.3) is 10.2 Å². The Morgan fingerprint density at radius 2 is 2.13 bits per heavy atom. The highest BCUT2D eigenvalue weighted by molar-refractivity contribution is 7.87. The molecule has 5 nitrogen and oxygen atoms in total. The molecule has 1 aliphatic rings. The van der Waals surface area contributed by atoms with Crippen LogP contribution in [0.5, 0.6) is 0 Å². The number of hydrogen-bond acceptors (Lipinski definition) is 3. The van der Waals surface area contributed by atoms with Gasteiger partial charge in [0.2, 0.25) is 0 Å². The molecule has 0 aliphatic carbocycles. The topological polar surface area (TPSA) is 75.4 Å². The number of rotatable bonds is 4. The van der Waals surface area contributed by atoms with Crippen LogP contribution in [0.3, 0.4) is 0 Å². The molecular weight excluding hydrogens is 214 g/mol. The molecule has 0 aromatic rings. The van der Waals surface area contributed by atoms with E-state index in [2.05, 4.69) is 4.72 Å². The van der Waals surface area contributed by atoms with Gasteiger partial charge >= 0.3 is 0 Å². The standard InChI is InChI=1S/C9H21N3O2S/c1-3-4-11-15(13,14)12-6-8(2)5-9(10)7-12/h8-9,11H,3-7,10H2,1-2H3. The van der Waals surface area contributed by atoms with Crippen LogP contribution < -0.4 is 10.5 Å². The summed E-state index contributed by atoms with van der Waals surface area (Å²) in [7, 11) is -3.31. The number of piperidine rings is 1. The minimum Gasteiger partial charge on any atom is -0.326 e. The summed E-state index contributed by atoms with van der Waals surface area (Å²) in [5, 5.41) is 0. The molecule has 0 amide bonds. The highest BCUT2D eigenvalue weighted by Gasteiger charge is 2.30. The Balaban J connectivity index is 2.61. The Morgan fingerprint density at radius 3 is 2.67 bits per heavy atom. The smallest absolute Gasteiger partial charge is 0.279 e. The summed E-state index contributed by atoms with van der Waals surface area (Å²) in [4.78, 5) is 0. The largest absolute Gasteiger partial charge is 0.326 e. The van der Waals surface area contributed by atoms with Crippen LogP contribution in [0.1, 0.15) is 26.7 Å². The molecule has 0 bridgehead atoms. The van der Waals surface area contributed by atoms with Crippen LogP contribution in [0, 0.1) is 5.92 Å². The first kappa shape index (κ1) is 12.9. The minimum atomic E-state index is -3.31. The molecule has 1 aliphatic heterocycles. The zero-order valence-electron chi connectivity index (χ0n) is 9.44. The Bertz CT molecular complexity index is 282. The fraction of sp³-hybridized carbons (Fsp3) is 1.00. The van der Waals surface area contributed by atoms with Gasteiger partial charge in [-0.05, 0) is 18.8 Å². The minimum absolute atomic E-state index is 0.0352. The van der Waals surface area contributed by atoms with Gasteiger partial charge in [0.05, 0.1) is 0 Å². The summed E-state index contributed by atoms with van der Waals surface area (Å²) in [6.45, 7) is 5.47. The third-order valence-corrected chi connectivity index (χ3v) is 4.08. The third-order valence-electron chi connectivity index (χ3n) is 2.53. The lowest BCUT2D eigenvalue weighted by Gasteiger charge is -2.33. The van der Waals surface area contributed by atoms with Crippen LogP contribution in [-0.4, -0.2) is 38.4 Å². The SMILES string of the molecule is CCCNS(=O)(=O)N1CC(C)CC(N)C1. The highest BCUT2D eigenvalue weighted by Crippen LogP contribution is 2.16.